The summed E-state index contributed by atoms with van der Waals surface area (Å²) in [7, 11) is 0. The number of hydroxylamine groups is 1. The molecule has 2 aromatic heterocycles. The lowest BCUT2D eigenvalue weighted by Crippen LogP contribution is -2.18. The van der Waals surface area contributed by atoms with Crippen molar-refractivity contribution < 1.29 is 19.5 Å². The number of anilines is 1. The number of benzene rings is 1. The Bertz CT molecular complexity index is 1080. The largest absolute Gasteiger partial charge is 0.454 e. The third-order valence-electron chi connectivity index (χ3n) is 4.31. The summed E-state index contributed by atoms with van der Waals surface area (Å²) in [5, 5.41) is 9.31. The van der Waals surface area contributed by atoms with Crippen LogP contribution in [-0.2, 0) is 11.3 Å². The van der Waals surface area contributed by atoms with Crippen LogP contribution in [0.1, 0.15) is 19.3 Å². The molecule has 0 atom stereocenters. The second kappa shape index (κ2) is 8.43. The first-order valence-electron chi connectivity index (χ1n) is 8.73. The van der Waals surface area contributed by atoms with Gasteiger partial charge in [-0.1, -0.05) is 11.8 Å². The van der Waals surface area contributed by atoms with Crippen LogP contribution in [-0.4, -0.2) is 37.4 Å². The van der Waals surface area contributed by atoms with Crippen LogP contribution in [0.2, 0.25) is 0 Å². The number of hydrogen-bond acceptors (Lipinski definition) is 9. The van der Waals surface area contributed by atoms with Gasteiger partial charge in [-0.2, -0.15) is 0 Å². The van der Waals surface area contributed by atoms with E-state index in [4.69, 9.17) is 20.4 Å². The maximum Gasteiger partial charge on any atom is 0.243 e. The first-order valence-corrected chi connectivity index (χ1v) is 10.3. The minimum Gasteiger partial charge on any atom is -0.454 e. The molecule has 0 spiro atoms. The molecule has 1 aliphatic rings. The van der Waals surface area contributed by atoms with Crippen molar-refractivity contribution in [3.05, 3.63) is 22.9 Å². The minimum atomic E-state index is -0.411. The molecule has 1 aromatic carbocycles. The van der Waals surface area contributed by atoms with Crippen molar-refractivity contribution in [1.82, 2.24) is 25.0 Å². The normalized spacial score (nSPS) is 12.5. The smallest absolute Gasteiger partial charge is 0.243 e. The van der Waals surface area contributed by atoms with Gasteiger partial charge in [0.25, 0.3) is 0 Å². The van der Waals surface area contributed by atoms with Crippen molar-refractivity contribution in [3.8, 4) is 11.5 Å². The topological polar surface area (TPSA) is 137 Å². The lowest BCUT2D eigenvalue weighted by atomic mass is 10.2. The number of unbranched alkanes of at least 4 members (excludes halogenated alkanes) is 1. The summed E-state index contributed by atoms with van der Waals surface area (Å²) >= 11 is 5.00. The van der Waals surface area contributed by atoms with E-state index in [1.54, 1.807) is 5.48 Å². The number of nitrogens with zero attached hydrogens (tertiary/aromatic N) is 4. The number of rotatable bonds is 7. The van der Waals surface area contributed by atoms with E-state index < -0.39 is 5.91 Å². The van der Waals surface area contributed by atoms with Crippen LogP contribution in [0.4, 0.5) is 5.82 Å². The molecule has 3 heterocycles. The maximum atomic E-state index is 11.2. The number of fused-ring (bicyclic) bond motifs is 2. The number of halogens is 1. The average molecular weight is 481 g/mol. The Morgan fingerprint density at radius 3 is 2.90 bits per heavy atom. The second-order valence-electron chi connectivity index (χ2n) is 6.21. The summed E-state index contributed by atoms with van der Waals surface area (Å²) < 4.78 is 13.7. The second-order valence-corrected chi connectivity index (χ2v) is 8.07. The molecule has 12 heteroatoms. The van der Waals surface area contributed by atoms with E-state index in [1.165, 1.54) is 18.1 Å². The zero-order valence-corrected chi connectivity index (χ0v) is 17.5. The van der Waals surface area contributed by atoms with Crippen LogP contribution in [0.25, 0.3) is 11.2 Å². The number of nitrogen functional groups attached to an aromatic ring is 1. The number of ether oxygens (including phenoxy) is 2. The van der Waals surface area contributed by atoms with Crippen LogP contribution < -0.4 is 20.7 Å². The average Bonchev–Trinajstić information content (AvgIpc) is 3.30. The van der Waals surface area contributed by atoms with Gasteiger partial charge in [0, 0.05) is 22.3 Å². The van der Waals surface area contributed by atoms with Crippen LogP contribution in [0.5, 0.6) is 11.5 Å². The van der Waals surface area contributed by atoms with Crippen molar-refractivity contribution in [1.29, 1.82) is 0 Å². The molecule has 3 aromatic rings. The molecular weight excluding hydrogens is 464 g/mol. The maximum absolute atomic E-state index is 11.2. The highest BCUT2D eigenvalue weighted by atomic mass is 79.9. The molecule has 29 heavy (non-hydrogen) atoms. The van der Waals surface area contributed by atoms with Gasteiger partial charge >= 0.3 is 0 Å². The number of hydrogen-bond donors (Lipinski definition) is 3. The molecule has 0 bridgehead atoms. The summed E-state index contributed by atoms with van der Waals surface area (Å²) in [6.07, 6.45) is 2.93. The van der Waals surface area contributed by atoms with Crippen LogP contribution in [0.3, 0.4) is 0 Å². The summed E-state index contributed by atoms with van der Waals surface area (Å²) in [6, 6.07) is 3.75. The number of nitrogens with one attached hydrogen (secondary N) is 1. The van der Waals surface area contributed by atoms with Crippen molar-refractivity contribution in [2.45, 2.75) is 35.9 Å². The van der Waals surface area contributed by atoms with Gasteiger partial charge in [-0.3, -0.25) is 10.0 Å². The summed E-state index contributed by atoms with van der Waals surface area (Å²) in [4.78, 5) is 25.1. The van der Waals surface area contributed by atoms with Crippen LogP contribution >= 0.6 is 27.7 Å². The molecule has 0 saturated carbocycles. The van der Waals surface area contributed by atoms with E-state index in [-0.39, 0.29) is 13.2 Å². The molecule has 0 saturated heterocycles. The van der Waals surface area contributed by atoms with Crippen molar-refractivity contribution in [3.63, 3.8) is 0 Å². The lowest BCUT2D eigenvalue weighted by Gasteiger charge is -2.09. The summed E-state index contributed by atoms with van der Waals surface area (Å²) in [5.74, 6) is 1.26. The number of aryl methyl sites for hydroxylation is 1. The zero-order valence-electron chi connectivity index (χ0n) is 15.1. The van der Waals surface area contributed by atoms with E-state index in [1.807, 2.05) is 16.7 Å². The molecule has 4 N–H and O–H groups in total. The van der Waals surface area contributed by atoms with Crippen molar-refractivity contribution in [2.75, 3.05) is 12.5 Å². The molecular formula is C17H17BrN6O4S. The predicted molar refractivity (Wildman–Crippen MR) is 108 cm³/mol. The van der Waals surface area contributed by atoms with Gasteiger partial charge < -0.3 is 19.8 Å². The molecule has 0 unspecified atom stereocenters. The monoisotopic (exact) mass is 480 g/mol. The number of carbonyl (C=O) groups excluding carboxylic acids is 1. The Kier molecular flexibility index (Phi) is 5.74. The predicted octanol–water partition coefficient (Wildman–Crippen LogP) is 2.73. The van der Waals surface area contributed by atoms with E-state index >= 15 is 0 Å². The van der Waals surface area contributed by atoms with Gasteiger partial charge in [0.05, 0.1) is 0 Å². The Morgan fingerprint density at radius 1 is 1.31 bits per heavy atom. The van der Waals surface area contributed by atoms with Gasteiger partial charge in [0.15, 0.2) is 33.6 Å². The molecule has 1 aliphatic heterocycles. The van der Waals surface area contributed by atoms with E-state index in [2.05, 4.69) is 30.9 Å². The summed E-state index contributed by atoms with van der Waals surface area (Å²) in [6.45, 7) is 0.776. The van der Waals surface area contributed by atoms with Gasteiger partial charge in [-0.15, -0.1) is 0 Å². The minimum absolute atomic E-state index is 0.196. The number of amides is 1. The Morgan fingerprint density at radius 2 is 2.10 bits per heavy atom. The molecule has 1 amide bonds. The first kappa shape index (κ1) is 19.7. The molecule has 10 nitrogen and oxygen atoms in total. The zero-order chi connectivity index (χ0) is 20.4. The van der Waals surface area contributed by atoms with Gasteiger partial charge in [0.2, 0.25) is 12.7 Å². The number of imidazole rings is 1. The summed E-state index contributed by atoms with van der Waals surface area (Å²) in [5.41, 5.74) is 8.78. The number of carbonyl (C=O) groups is 1. The van der Waals surface area contributed by atoms with E-state index in [0.717, 1.165) is 9.37 Å². The molecule has 0 radical (unpaired) electrons. The fraction of sp³-hybridized carbons (Fsp3) is 0.294. The Hall–Kier alpha value is -2.57. The van der Waals surface area contributed by atoms with Gasteiger partial charge in [-0.05, 0) is 40.9 Å². The van der Waals surface area contributed by atoms with Crippen LogP contribution in [0, 0.1) is 0 Å². The fourth-order valence-corrected chi connectivity index (χ4v) is 4.41. The van der Waals surface area contributed by atoms with E-state index in [9.17, 15) is 4.79 Å². The Balaban J connectivity index is 1.63. The van der Waals surface area contributed by atoms with Gasteiger partial charge in [-0.25, -0.2) is 20.4 Å². The number of nitrogens with two attached hydrogens (primary N) is 1. The molecule has 0 fully saturated rings. The van der Waals surface area contributed by atoms with Crippen LogP contribution in [0.15, 0.2) is 33.0 Å². The fourth-order valence-electron chi connectivity index (χ4n) is 2.90. The Labute approximate surface area is 177 Å². The number of aromatic nitrogens is 4. The standard InChI is InChI=1S/C17H17BrN6O4S/c18-9-5-10-11(28-8-27-10)6-12(9)29-17-22-14-15(19)20-7-21-16(14)24(17)4-2-1-3-13(25)23-26/h5-7,26H,1-4,8H2,(H,23,25)(H2,19,20,21). The third-order valence-corrected chi connectivity index (χ3v) is 6.28. The third kappa shape index (κ3) is 4.09. The highest BCUT2D eigenvalue weighted by Crippen LogP contribution is 2.43. The quantitative estimate of drug-likeness (QED) is 0.264. The van der Waals surface area contributed by atoms with Crippen molar-refractivity contribution in [2.24, 2.45) is 0 Å². The van der Waals surface area contributed by atoms with Crippen molar-refractivity contribution >= 4 is 50.6 Å². The highest BCUT2D eigenvalue weighted by molar-refractivity contribution is 9.10. The molecule has 152 valence electrons. The lowest BCUT2D eigenvalue weighted by molar-refractivity contribution is -0.129. The molecule has 4 rings (SSSR count). The highest BCUT2D eigenvalue weighted by Gasteiger charge is 2.20. The van der Waals surface area contributed by atoms with Gasteiger partial charge in [0.1, 0.15) is 6.33 Å². The first-order chi connectivity index (χ1) is 14.1. The van der Waals surface area contributed by atoms with E-state index in [0.29, 0.717) is 53.0 Å². The SMILES string of the molecule is Nc1ncnc2c1nc(Sc1cc3c(cc1Br)OCO3)n2CCCCC(=O)NO. The molecule has 0 aliphatic carbocycles.